The normalized spacial score (nSPS) is 28.9. The summed E-state index contributed by atoms with van der Waals surface area (Å²) in [5.41, 5.74) is 5.67. The summed E-state index contributed by atoms with van der Waals surface area (Å²) in [6.07, 6.45) is 5.05. The fourth-order valence-electron chi connectivity index (χ4n) is 2.98. The molecule has 0 saturated heterocycles. The molecule has 2 aliphatic carbocycles. The van der Waals surface area contributed by atoms with Crippen LogP contribution in [0, 0.1) is 17.8 Å². The van der Waals surface area contributed by atoms with Crippen LogP contribution in [0.15, 0.2) is 0 Å². The summed E-state index contributed by atoms with van der Waals surface area (Å²) in [5.74, 6) is -0.197. The highest BCUT2D eigenvalue weighted by Crippen LogP contribution is 2.35. The third kappa shape index (κ3) is 3.22. The van der Waals surface area contributed by atoms with Crippen LogP contribution in [0.1, 0.15) is 38.5 Å². The highest BCUT2D eigenvalue weighted by Gasteiger charge is 2.37. The Morgan fingerprint density at radius 1 is 1.28 bits per heavy atom. The molecule has 3 atom stereocenters. The summed E-state index contributed by atoms with van der Waals surface area (Å²) in [5, 5.41) is 11.8. The zero-order valence-corrected chi connectivity index (χ0v) is 10.6. The molecule has 5 nitrogen and oxygen atoms in total. The van der Waals surface area contributed by atoms with Gasteiger partial charge < -0.3 is 16.2 Å². The monoisotopic (exact) mass is 254 g/mol. The van der Waals surface area contributed by atoms with Crippen LogP contribution < -0.4 is 11.1 Å². The number of carbonyl (C=O) groups excluding carboxylic acids is 1. The summed E-state index contributed by atoms with van der Waals surface area (Å²) < 4.78 is 0. The number of carbonyl (C=O) groups is 2. The fourth-order valence-corrected chi connectivity index (χ4v) is 2.98. The van der Waals surface area contributed by atoms with E-state index in [9.17, 15) is 9.59 Å². The first kappa shape index (κ1) is 13.3. The lowest BCUT2D eigenvalue weighted by Crippen LogP contribution is -2.43. The van der Waals surface area contributed by atoms with Gasteiger partial charge in [0.1, 0.15) is 0 Å². The Kier molecular flexibility index (Phi) is 4.22. The van der Waals surface area contributed by atoms with E-state index in [-0.39, 0.29) is 30.2 Å². The lowest BCUT2D eigenvalue weighted by atomic mass is 9.94. The first-order valence-electron chi connectivity index (χ1n) is 6.84. The molecule has 2 saturated carbocycles. The molecule has 0 aromatic carbocycles. The fraction of sp³-hybridized carbons (Fsp3) is 0.846. The van der Waals surface area contributed by atoms with Gasteiger partial charge in [-0.15, -0.1) is 0 Å². The summed E-state index contributed by atoms with van der Waals surface area (Å²) in [6.45, 7) is 0.547. The van der Waals surface area contributed by atoms with E-state index in [1.807, 2.05) is 0 Å². The smallest absolute Gasteiger partial charge is 0.305 e. The van der Waals surface area contributed by atoms with E-state index < -0.39 is 5.97 Å². The second kappa shape index (κ2) is 5.69. The molecule has 0 heterocycles. The van der Waals surface area contributed by atoms with Crippen LogP contribution >= 0.6 is 0 Å². The van der Waals surface area contributed by atoms with Crippen LogP contribution in [-0.4, -0.2) is 29.6 Å². The van der Waals surface area contributed by atoms with Crippen LogP contribution in [0.5, 0.6) is 0 Å². The average molecular weight is 254 g/mol. The molecule has 3 unspecified atom stereocenters. The van der Waals surface area contributed by atoms with Crippen molar-refractivity contribution in [3.8, 4) is 0 Å². The minimum Gasteiger partial charge on any atom is -0.481 e. The number of hydrogen-bond acceptors (Lipinski definition) is 3. The minimum absolute atomic E-state index is 0.00922. The predicted octanol–water partition coefficient (Wildman–Crippen LogP) is 0.731. The van der Waals surface area contributed by atoms with Crippen molar-refractivity contribution in [2.75, 3.05) is 6.54 Å². The number of aliphatic carboxylic acids is 1. The molecule has 18 heavy (non-hydrogen) atoms. The highest BCUT2D eigenvalue weighted by atomic mass is 16.4. The Balaban J connectivity index is 1.89. The third-order valence-corrected chi connectivity index (χ3v) is 4.21. The van der Waals surface area contributed by atoms with Crippen molar-refractivity contribution < 1.29 is 14.7 Å². The van der Waals surface area contributed by atoms with Crippen molar-refractivity contribution in [2.45, 2.75) is 44.6 Å². The van der Waals surface area contributed by atoms with Gasteiger partial charge in [0.15, 0.2) is 0 Å². The SMILES string of the molecule is NCC1CCCC1C(=O)NC(CC(=O)O)C1CC1. The van der Waals surface area contributed by atoms with Crippen LogP contribution in [-0.2, 0) is 9.59 Å². The standard InChI is InChI=1S/C13H22N2O3/c14-7-9-2-1-3-10(9)13(18)15-11(6-12(16)17)8-4-5-8/h8-11H,1-7,14H2,(H,15,18)(H,16,17). The van der Waals surface area contributed by atoms with E-state index in [1.54, 1.807) is 0 Å². The van der Waals surface area contributed by atoms with Gasteiger partial charge >= 0.3 is 5.97 Å². The highest BCUT2D eigenvalue weighted by molar-refractivity contribution is 5.80. The van der Waals surface area contributed by atoms with Crippen molar-refractivity contribution in [2.24, 2.45) is 23.5 Å². The van der Waals surface area contributed by atoms with E-state index in [0.717, 1.165) is 32.1 Å². The van der Waals surface area contributed by atoms with Gasteiger partial charge in [-0.25, -0.2) is 0 Å². The minimum atomic E-state index is -0.839. The number of carboxylic acids is 1. The van der Waals surface area contributed by atoms with Crippen molar-refractivity contribution >= 4 is 11.9 Å². The maximum absolute atomic E-state index is 12.2. The third-order valence-electron chi connectivity index (χ3n) is 4.21. The van der Waals surface area contributed by atoms with Crippen LogP contribution in [0.3, 0.4) is 0 Å². The second-order valence-electron chi connectivity index (χ2n) is 5.58. The summed E-state index contributed by atoms with van der Waals surface area (Å²) in [4.78, 5) is 23.0. The van der Waals surface area contributed by atoms with Crippen molar-refractivity contribution in [3.63, 3.8) is 0 Å². The van der Waals surface area contributed by atoms with Crippen molar-refractivity contribution in [1.29, 1.82) is 0 Å². The molecule has 2 fully saturated rings. The van der Waals surface area contributed by atoms with Crippen molar-refractivity contribution in [3.05, 3.63) is 0 Å². The molecule has 0 spiro atoms. The molecular formula is C13H22N2O3. The Bertz CT molecular complexity index is 328. The summed E-state index contributed by atoms with van der Waals surface area (Å²) >= 11 is 0. The molecule has 0 radical (unpaired) electrons. The summed E-state index contributed by atoms with van der Waals surface area (Å²) in [7, 11) is 0. The Labute approximate surface area is 107 Å². The molecule has 5 heteroatoms. The first-order valence-corrected chi connectivity index (χ1v) is 6.84. The molecule has 2 aliphatic rings. The molecular weight excluding hydrogens is 232 g/mol. The zero-order chi connectivity index (χ0) is 13.1. The van der Waals surface area contributed by atoms with Gasteiger partial charge in [-0.3, -0.25) is 9.59 Å². The van der Waals surface area contributed by atoms with Gasteiger partial charge in [0.05, 0.1) is 6.42 Å². The number of nitrogens with two attached hydrogens (primary N) is 1. The predicted molar refractivity (Wildman–Crippen MR) is 66.8 cm³/mol. The van der Waals surface area contributed by atoms with Crippen molar-refractivity contribution in [1.82, 2.24) is 5.32 Å². The molecule has 102 valence electrons. The van der Waals surface area contributed by atoms with Crippen LogP contribution in [0.2, 0.25) is 0 Å². The largest absolute Gasteiger partial charge is 0.481 e. The first-order chi connectivity index (χ1) is 8.61. The van der Waals surface area contributed by atoms with Gasteiger partial charge in [0.2, 0.25) is 5.91 Å². The topological polar surface area (TPSA) is 92.4 Å². The lowest BCUT2D eigenvalue weighted by molar-refractivity contribution is -0.138. The average Bonchev–Trinajstić information content (AvgIpc) is 3.05. The van der Waals surface area contributed by atoms with E-state index in [0.29, 0.717) is 12.5 Å². The molecule has 2 rings (SSSR count). The van der Waals surface area contributed by atoms with Gasteiger partial charge in [-0.1, -0.05) is 6.42 Å². The molecule has 1 amide bonds. The Morgan fingerprint density at radius 3 is 2.56 bits per heavy atom. The number of nitrogens with one attached hydrogen (secondary N) is 1. The molecule has 4 N–H and O–H groups in total. The van der Waals surface area contributed by atoms with E-state index >= 15 is 0 Å². The van der Waals surface area contributed by atoms with Crippen LogP contribution in [0.4, 0.5) is 0 Å². The maximum atomic E-state index is 12.2. The quantitative estimate of drug-likeness (QED) is 0.651. The second-order valence-corrected chi connectivity index (χ2v) is 5.58. The number of hydrogen-bond donors (Lipinski definition) is 3. The molecule has 0 aromatic rings. The van der Waals surface area contributed by atoms with Gasteiger partial charge in [0.25, 0.3) is 0 Å². The van der Waals surface area contributed by atoms with E-state index in [4.69, 9.17) is 10.8 Å². The van der Waals surface area contributed by atoms with Crippen LogP contribution in [0.25, 0.3) is 0 Å². The molecule has 0 bridgehead atoms. The molecule has 0 aromatic heterocycles. The van der Waals surface area contributed by atoms with E-state index in [2.05, 4.69) is 5.32 Å². The zero-order valence-electron chi connectivity index (χ0n) is 10.6. The van der Waals surface area contributed by atoms with E-state index in [1.165, 1.54) is 0 Å². The van der Waals surface area contributed by atoms with Gasteiger partial charge in [-0.05, 0) is 44.1 Å². The lowest BCUT2D eigenvalue weighted by Gasteiger charge is -2.22. The van der Waals surface area contributed by atoms with Gasteiger partial charge in [0, 0.05) is 12.0 Å². The number of amides is 1. The summed E-state index contributed by atoms with van der Waals surface area (Å²) in [6, 6.07) is -0.186. The Hall–Kier alpha value is -1.10. The number of carboxylic acid groups (broad SMARTS) is 1. The Morgan fingerprint density at radius 2 is 2.00 bits per heavy atom. The molecule has 0 aliphatic heterocycles. The maximum Gasteiger partial charge on any atom is 0.305 e. The number of rotatable bonds is 6. The van der Waals surface area contributed by atoms with Gasteiger partial charge in [-0.2, -0.15) is 0 Å².